The van der Waals surface area contributed by atoms with Crippen LogP contribution < -0.4 is 5.32 Å². The zero-order chi connectivity index (χ0) is 24.7. The van der Waals surface area contributed by atoms with Crippen LogP contribution in [0.3, 0.4) is 0 Å². The quantitative estimate of drug-likeness (QED) is 0.635. The number of carbonyl (C=O) groups is 2. The molecule has 0 bridgehead atoms. The van der Waals surface area contributed by atoms with Gasteiger partial charge in [0.05, 0.1) is 18.3 Å². The summed E-state index contributed by atoms with van der Waals surface area (Å²) < 4.78 is 34.6. The van der Waals surface area contributed by atoms with Gasteiger partial charge in [-0.1, -0.05) is 43.3 Å². The van der Waals surface area contributed by atoms with Gasteiger partial charge < -0.3 is 10.1 Å². The summed E-state index contributed by atoms with van der Waals surface area (Å²) in [5.41, 5.74) is 0.645. The second-order valence-corrected chi connectivity index (χ2v) is 10.5. The number of halogens is 2. The van der Waals surface area contributed by atoms with Gasteiger partial charge in [-0.2, -0.15) is 4.39 Å². The molecule has 1 aromatic carbocycles. The highest BCUT2D eigenvalue weighted by Gasteiger charge is 2.43. The number of ether oxygens (including phenoxy) is 1. The van der Waals surface area contributed by atoms with Gasteiger partial charge >= 0.3 is 6.09 Å². The molecule has 34 heavy (non-hydrogen) atoms. The van der Waals surface area contributed by atoms with Gasteiger partial charge in [-0.25, -0.2) is 14.2 Å². The summed E-state index contributed by atoms with van der Waals surface area (Å²) in [5.74, 6) is -1.09. The predicted molar refractivity (Wildman–Crippen MR) is 123 cm³/mol. The standard InChI is InChI=1S/C26H31F2N3O3/c1-25(2,3)34-24(33)31-15-17(27)14-20(31)23(32)30-21(16-8-6-5-7-9-16)19-11-10-18(22(28)29-19)26(4)12-13-26/h5-11,17,20-21H,12-15H2,1-4H3,(H,30,32)/t17?,20-,21?/m1/s1. The first-order valence-corrected chi connectivity index (χ1v) is 11.6. The van der Waals surface area contributed by atoms with Gasteiger partial charge in [0.25, 0.3) is 0 Å². The monoisotopic (exact) mass is 471 g/mol. The smallest absolute Gasteiger partial charge is 0.411 e. The van der Waals surface area contributed by atoms with Gasteiger partial charge in [0.15, 0.2) is 0 Å². The van der Waals surface area contributed by atoms with Crippen LogP contribution in [-0.4, -0.2) is 46.2 Å². The van der Waals surface area contributed by atoms with Gasteiger partial charge in [0, 0.05) is 12.0 Å². The summed E-state index contributed by atoms with van der Waals surface area (Å²) in [5, 5.41) is 2.88. The molecule has 1 saturated heterocycles. The lowest BCUT2D eigenvalue weighted by Gasteiger charge is -2.29. The van der Waals surface area contributed by atoms with Crippen molar-refractivity contribution in [2.24, 2.45) is 0 Å². The molecule has 3 atom stereocenters. The van der Waals surface area contributed by atoms with E-state index in [1.807, 2.05) is 25.1 Å². The Morgan fingerprint density at radius 3 is 2.44 bits per heavy atom. The molecule has 2 aliphatic rings. The van der Waals surface area contributed by atoms with Crippen LogP contribution in [0.4, 0.5) is 13.6 Å². The molecule has 1 N–H and O–H groups in total. The van der Waals surface area contributed by atoms with E-state index in [1.54, 1.807) is 45.0 Å². The normalized spacial score (nSPS) is 22.2. The van der Waals surface area contributed by atoms with E-state index < -0.39 is 41.8 Å². The Labute approximate surface area is 198 Å². The number of hydrogen-bond donors (Lipinski definition) is 1. The fourth-order valence-corrected chi connectivity index (χ4v) is 4.28. The molecule has 1 aromatic heterocycles. The van der Waals surface area contributed by atoms with Crippen molar-refractivity contribution in [2.45, 2.75) is 76.2 Å². The fraction of sp³-hybridized carbons (Fsp3) is 0.500. The molecule has 1 saturated carbocycles. The minimum Gasteiger partial charge on any atom is -0.444 e. The summed E-state index contributed by atoms with van der Waals surface area (Å²) >= 11 is 0. The van der Waals surface area contributed by atoms with E-state index in [9.17, 15) is 18.4 Å². The molecule has 0 radical (unpaired) electrons. The minimum atomic E-state index is -1.34. The van der Waals surface area contributed by atoms with E-state index in [0.717, 1.165) is 17.7 Å². The topological polar surface area (TPSA) is 71.5 Å². The summed E-state index contributed by atoms with van der Waals surface area (Å²) in [6.07, 6.45) is -0.388. The lowest BCUT2D eigenvalue weighted by molar-refractivity contribution is -0.126. The van der Waals surface area contributed by atoms with Crippen LogP contribution in [0, 0.1) is 5.95 Å². The van der Waals surface area contributed by atoms with Crippen LogP contribution >= 0.6 is 0 Å². The van der Waals surface area contributed by atoms with E-state index in [0.29, 0.717) is 16.8 Å². The lowest BCUT2D eigenvalue weighted by atomic mass is 9.97. The number of aromatic nitrogens is 1. The molecule has 2 fully saturated rings. The number of rotatable bonds is 5. The maximum Gasteiger partial charge on any atom is 0.411 e. The van der Waals surface area contributed by atoms with Gasteiger partial charge in [-0.05, 0) is 50.7 Å². The molecule has 4 rings (SSSR count). The molecule has 2 unspecified atom stereocenters. The largest absolute Gasteiger partial charge is 0.444 e. The van der Waals surface area contributed by atoms with Crippen molar-refractivity contribution in [3.63, 3.8) is 0 Å². The first kappa shape index (κ1) is 24.1. The van der Waals surface area contributed by atoms with Gasteiger partial charge in [0.1, 0.15) is 17.8 Å². The number of benzene rings is 1. The number of amides is 2. The third-order valence-corrected chi connectivity index (χ3v) is 6.42. The van der Waals surface area contributed by atoms with Crippen molar-refractivity contribution < 1.29 is 23.1 Å². The average molecular weight is 472 g/mol. The summed E-state index contributed by atoms with van der Waals surface area (Å²) in [6, 6.07) is 10.7. The minimum absolute atomic E-state index is 0.133. The Hall–Kier alpha value is -3.03. The molecule has 182 valence electrons. The van der Waals surface area contributed by atoms with Crippen molar-refractivity contribution in [2.75, 3.05) is 6.54 Å². The molecular weight excluding hydrogens is 440 g/mol. The van der Waals surface area contributed by atoms with Crippen molar-refractivity contribution in [3.8, 4) is 0 Å². The van der Waals surface area contributed by atoms with Crippen molar-refractivity contribution >= 4 is 12.0 Å². The van der Waals surface area contributed by atoms with Crippen LogP contribution in [0.15, 0.2) is 42.5 Å². The lowest BCUT2D eigenvalue weighted by Crippen LogP contribution is -2.48. The number of pyridine rings is 1. The molecule has 6 nitrogen and oxygen atoms in total. The van der Waals surface area contributed by atoms with Crippen molar-refractivity contribution in [3.05, 3.63) is 65.2 Å². The Morgan fingerprint density at radius 2 is 1.85 bits per heavy atom. The third-order valence-electron chi connectivity index (χ3n) is 6.42. The van der Waals surface area contributed by atoms with E-state index in [1.165, 1.54) is 0 Å². The van der Waals surface area contributed by atoms with E-state index in [-0.39, 0.29) is 18.4 Å². The average Bonchev–Trinajstić information content (AvgIpc) is 3.38. The highest BCUT2D eigenvalue weighted by Crippen LogP contribution is 2.48. The first-order valence-electron chi connectivity index (χ1n) is 11.6. The Morgan fingerprint density at radius 1 is 1.18 bits per heavy atom. The SMILES string of the molecule is CC(C)(C)OC(=O)N1CC(F)C[C@@H]1C(=O)NC(c1ccccc1)c1ccc(C2(C)CC2)c(F)n1. The number of carbonyl (C=O) groups excluding carboxylic acids is 2. The zero-order valence-electron chi connectivity index (χ0n) is 20.0. The number of alkyl halides is 1. The number of hydrogen-bond acceptors (Lipinski definition) is 4. The van der Waals surface area contributed by atoms with Crippen LogP contribution in [0.5, 0.6) is 0 Å². The molecule has 2 heterocycles. The van der Waals surface area contributed by atoms with Crippen molar-refractivity contribution in [1.82, 2.24) is 15.2 Å². The number of nitrogens with zero attached hydrogens (tertiary/aromatic N) is 2. The van der Waals surface area contributed by atoms with E-state index >= 15 is 0 Å². The predicted octanol–water partition coefficient (Wildman–Crippen LogP) is 4.83. The maximum atomic E-state index is 14.9. The molecular formula is C26H31F2N3O3. The van der Waals surface area contributed by atoms with Crippen LogP contribution in [0.25, 0.3) is 0 Å². The fourth-order valence-electron chi connectivity index (χ4n) is 4.28. The molecule has 0 spiro atoms. The van der Waals surface area contributed by atoms with Gasteiger partial charge in [0.2, 0.25) is 11.9 Å². The second kappa shape index (κ2) is 8.96. The Bertz CT molecular complexity index is 1070. The summed E-state index contributed by atoms with van der Waals surface area (Å²) in [4.78, 5) is 31.2. The highest BCUT2D eigenvalue weighted by molar-refractivity contribution is 5.87. The molecule has 1 aliphatic heterocycles. The second-order valence-electron chi connectivity index (χ2n) is 10.5. The molecule has 2 amide bonds. The first-order chi connectivity index (χ1) is 16.0. The van der Waals surface area contributed by atoms with Crippen molar-refractivity contribution in [1.29, 1.82) is 0 Å². The third kappa shape index (κ3) is 5.21. The molecule has 2 aromatic rings. The number of likely N-dealkylation sites (tertiary alicyclic amines) is 1. The molecule has 8 heteroatoms. The van der Waals surface area contributed by atoms with E-state index in [4.69, 9.17) is 4.74 Å². The molecule has 1 aliphatic carbocycles. The zero-order valence-corrected chi connectivity index (χ0v) is 20.0. The Balaban J connectivity index is 1.60. The number of nitrogens with one attached hydrogen (secondary N) is 1. The van der Waals surface area contributed by atoms with Crippen LogP contribution in [-0.2, 0) is 14.9 Å². The van der Waals surface area contributed by atoms with Gasteiger partial charge in [-0.15, -0.1) is 0 Å². The maximum absolute atomic E-state index is 14.9. The summed E-state index contributed by atoms with van der Waals surface area (Å²) in [6.45, 7) is 6.91. The summed E-state index contributed by atoms with van der Waals surface area (Å²) in [7, 11) is 0. The van der Waals surface area contributed by atoms with E-state index in [2.05, 4.69) is 10.3 Å². The van der Waals surface area contributed by atoms with Crippen LogP contribution in [0.2, 0.25) is 0 Å². The highest BCUT2D eigenvalue weighted by atomic mass is 19.1. The van der Waals surface area contributed by atoms with Gasteiger partial charge in [-0.3, -0.25) is 9.69 Å². The Kier molecular flexibility index (Phi) is 6.36. The van der Waals surface area contributed by atoms with Crippen LogP contribution in [0.1, 0.15) is 69.8 Å².